The molecule has 0 saturated heterocycles. The SMILES string of the molecule is COc1cc(/C=C/C(=O)CC(=O)/C=C/c2ccc(OF)c(OC)c2)ccc1O. The lowest BCUT2D eigenvalue weighted by Crippen LogP contribution is -2.01. The Morgan fingerprint density at radius 2 is 1.43 bits per heavy atom. The van der Waals surface area contributed by atoms with E-state index in [4.69, 9.17) is 9.47 Å². The summed E-state index contributed by atoms with van der Waals surface area (Å²) in [5.41, 5.74) is 1.23. The van der Waals surface area contributed by atoms with Crippen molar-refractivity contribution in [2.45, 2.75) is 6.42 Å². The van der Waals surface area contributed by atoms with Crippen LogP contribution >= 0.6 is 0 Å². The van der Waals surface area contributed by atoms with Gasteiger partial charge >= 0.3 is 0 Å². The zero-order valence-electron chi connectivity index (χ0n) is 15.3. The summed E-state index contributed by atoms with van der Waals surface area (Å²) in [6.07, 6.45) is 5.27. The molecule has 0 radical (unpaired) electrons. The molecule has 0 unspecified atom stereocenters. The fourth-order valence-corrected chi connectivity index (χ4v) is 2.32. The molecule has 2 aromatic rings. The molecule has 0 saturated carbocycles. The monoisotopic (exact) mass is 386 g/mol. The normalized spacial score (nSPS) is 11.0. The maximum atomic E-state index is 12.3. The fourth-order valence-electron chi connectivity index (χ4n) is 2.32. The van der Waals surface area contributed by atoms with Gasteiger partial charge in [-0.1, -0.05) is 24.3 Å². The quantitative estimate of drug-likeness (QED) is 0.519. The van der Waals surface area contributed by atoms with E-state index in [0.29, 0.717) is 11.1 Å². The van der Waals surface area contributed by atoms with Crippen molar-refractivity contribution in [1.82, 2.24) is 0 Å². The number of rotatable bonds is 9. The first kappa shape index (κ1) is 20.7. The number of hydrogen-bond donors (Lipinski definition) is 1. The van der Waals surface area contributed by atoms with Gasteiger partial charge in [0, 0.05) is 4.53 Å². The predicted octanol–water partition coefficient (Wildman–Crippen LogP) is 3.93. The van der Waals surface area contributed by atoms with Crippen LogP contribution in [-0.2, 0) is 9.59 Å². The highest BCUT2D eigenvalue weighted by Crippen LogP contribution is 2.29. The lowest BCUT2D eigenvalue weighted by atomic mass is 10.1. The molecule has 0 aromatic heterocycles. The Labute approximate surface area is 161 Å². The number of phenols is 1. The molecule has 2 aromatic carbocycles. The van der Waals surface area contributed by atoms with Crippen molar-refractivity contribution in [3.05, 3.63) is 59.7 Å². The Morgan fingerprint density at radius 3 is 1.96 bits per heavy atom. The van der Waals surface area contributed by atoms with Crippen LogP contribution in [0.2, 0.25) is 0 Å². The van der Waals surface area contributed by atoms with Gasteiger partial charge < -0.3 is 14.6 Å². The summed E-state index contributed by atoms with van der Waals surface area (Å²) in [5, 5.41) is 9.54. The third-order valence-corrected chi connectivity index (χ3v) is 3.75. The molecule has 28 heavy (non-hydrogen) atoms. The molecular weight excluding hydrogens is 367 g/mol. The number of halogens is 1. The number of carbonyl (C=O) groups is 2. The predicted molar refractivity (Wildman–Crippen MR) is 102 cm³/mol. The highest BCUT2D eigenvalue weighted by atomic mass is 19.3. The van der Waals surface area contributed by atoms with E-state index in [0.717, 1.165) is 0 Å². The summed E-state index contributed by atoms with van der Waals surface area (Å²) < 4.78 is 22.3. The molecule has 7 heteroatoms. The molecule has 1 N–H and O–H groups in total. The number of ether oxygens (including phenoxy) is 2. The van der Waals surface area contributed by atoms with Crippen molar-refractivity contribution in [2.24, 2.45) is 0 Å². The van der Waals surface area contributed by atoms with Crippen molar-refractivity contribution in [3.63, 3.8) is 0 Å². The third-order valence-electron chi connectivity index (χ3n) is 3.75. The molecule has 0 bridgehead atoms. The van der Waals surface area contributed by atoms with Gasteiger partial charge in [0.05, 0.1) is 20.6 Å². The average Bonchev–Trinajstić information content (AvgIpc) is 2.71. The second-order valence-electron chi connectivity index (χ2n) is 5.69. The molecular formula is C21H19FO6. The Hall–Kier alpha value is -3.61. The van der Waals surface area contributed by atoms with E-state index in [2.05, 4.69) is 4.94 Å². The maximum absolute atomic E-state index is 12.3. The Kier molecular flexibility index (Phi) is 7.33. The highest BCUT2D eigenvalue weighted by molar-refractivity contribution is 6.10. The van der Waals surface area contributed by atoms with Crippen molar-refractivity contribution in [3.8, 4) is 23.0 Å². The van der Waals surface area contributed by atoms with Crippen LogP contribution in [0.25, 0.3) is 12.2 Å². The summed E-state index contributed by atoms with van der Waals surface area (Å²) in [6, 6.07) is 9.04. The summed E-state index contributed by atoms with van der Waals surface area (Å²) in [4.78, 5) is 27.6. The van der Waals surface area contributed by atoms with Crippen LogP contribution in [0.5, 0.6) is 23.0 Å². The maximum Gasteiger partial charge on any atom is 0.213 e. The van der Waals surface area contributed by atoms with Crippen LogP contribution in [-0.4, -0.2) is 30.9 Å². The molecule has 146 valence electrons. The van der Waals surface area contributed by atoms with Crippen molar-refractivity contribution < 1.29 is 33.6 Å². The van der Waals surface area contributed by atoms with E-state index in [9.17, 15) is 19.2 Å². The second kappa shape index (κ2) is 9.91. The smallest absolute Gasteiger partial charge is 0.213 e. The number of methoxy groups -OCH3 is 2. The zero-order valence-corrected chi connectivity index (χ0v) is 15.3. The van der Waals surface area contributed by atoms with Crippen molar-refractivity contribution in [2.75, 3.05) is 14.2 Å². The van der Waals surface area contributed by atoms with Crippen LogP contribution in [0.3, 0.4) is 0 Å². The second-order valence-corrected chi connectivity index (χ2v) is 5.69. The van der Waals surface area contributed by atoms with Gasteiger partial charge in [-0.2, -0.15) is 0 Å². The minimum Gasteiger partial charge on any atom is -0.504 e. The van der Waals surface area contributed by atoms with Gasteiger partial charge in [-0.3, -0.25) is 14.5 Å². The largest absolute Gasteiger partial charge is 0.504 e. The molecule has 0 spiro atoms. The molecule has 0 aliphatic rings. The standard InChI is InChI=1S/C21H19FO6/c1-26-20-11-14(5-9-18(20)25)3-7-16(23)13-17(24)8-4-15-6-10-19(28-22)21(12-15)27-2/h3-12,25H,13H2,1-2H3/b7-3+,8-4+. The van der Waals surface area contributed by atoms with Gasteiger partial charge in [0.1, 0.15) is 0 Å². The fraction of sp³-hybridized carbons (Fsp3) is 0.143. The molecule has 6 nitrogen and oxygen atoms in total. The first-order valence-electron chi connectivity index (χ1n) is 8.22. The van der Waals surface area contributed by atoms with E-state index in [1.54, 1.807) is 18.2 Å². The lowest BCUT2D eigenvalue weighted by molar-refractivity contribution is -0.121. The van der Waals surface area contributed by atoms with Gasteiger partial charge in [0.25, 0.3) is 0 Å². The van der Waals surface area contributed by atoms with E-state index in [1.807, 2.05) is 0 Å². The van der Waals surface area contributed by atoms with Crippen LogP contribution < -0.4 is 14.4 Å². The van der Waals surface area contributed by atoms with Gasteiger partial charge in [-0.25, -0.2) is 0 Å². The number of aromatic hydroxyl groups is 1. The molecule has 0 amide bonds. The number of allylic oxidation sites excluding steroid dienone is 2. The summed E-state index contributed by atoms with van der Waals surface area (Å²) in [5.74, 6) is -0.372. The first-order chi connectivity index (χ1) is 13.5. The van der Waals surface area contributed by atoms with Crippen molar-refractivity contribution in [1.29, 1.82) is 0 Å². The Balaban J connectivity index is 1.97. The molecule has 0 atom stereocenters. The van der Waals surface area contributed by atoms with Crippen LogP contribution in [0.4, 0.5) is 4.53 Å². The molecule has 0 heterocycles. The molecule has 2 rings (SSSR count). The van der Waals surface area contributed by atoms with E-state index < -0.39 is 0 Å². The summed E-state index contributed by atoms with van der Waals surface area (Å²) in [7, 11) is 2.79. The molecule has 0 fully saturated rings. The lowest BCUT2D eigenvalue weighted by Gasteiger charge is -2.04. The summed E-state index contributed by atoms with van der Waals surface area (Å²) in [6.45, 7) is 0. The van der Waals surface area contributed by atoms with Crippen LogP contribution in [0.15, 0.2) is 48.6 Å². The molecule has 0 aliphatic carbocycles. The Morgan fingerprint density at radius 1 is 0.893 bits per heavy atom. The van der Waals surface area contributed by atoms with Gasteiger partial charge in [-0.15, -0.1) is 0 Å². The minimum absolute atomic E-state index is 0.00553. The zero-order chi connectivity index (χ0) is 20.5. The van der Waals surface area contributed by atoms with E-state index in [1.165, 1.54) is 56.7 Å². The third kappa shape index (κ3) is 5.70. The number of carbonyl (C=O) groups excluding carboxylic acids is 2. The van der Waals surface area contributed by atoms with Gasteiger partial charge in [-0.05, 0) is 47.5 Å². The van der Waals surface area contributed by atoms with Gasteiger partial charge in [0.15, 0.2) is 28.8 Å². The van der Waals surface area contributed by atoms with Crippen LogP contribution in [0, 0.1) is 0 Å². The Bertz CT molecular complexity index is 917. The average molecular weight is 386 g/mol. The van der Waals surface area contributed by atoms with E-state index >= 15 is 0 Å². The highest BCUT2D eigenvalue weighted by Gasteiger charge is 2.07. The van der Waals surface area contributed by atoms with Crippen LogP contribution in [0.1, 0.15) is 17.5 Å². The first-order valence-corrected chi connectivity index (χ1v) is 8.22. The van der Waals surface area contributed by atoms with Crippen molar-refractivity contribution >= 4 is 23.7 Å². The molecule has 0 aliphatic heterocycles. The number of hydrogen-bond acceptors (Lipinski definition) is 6. The minimum atomic E-state index is -0.386. The summed E-state index contributed by atoms with van der Waals surface area (Å²) >= 11 is 0. The van der Waals surface area contributed by atoms with E-state index in [-0.39, 0.29) is 41.0 Å². The number of phenolic OH excluding ortho intramolecular Hbond substituents is 1. The topological polar surface area (TPSA) is 82.1 Å². The van der Waals surface area contributed by atoms with Gasteiger partial charge in [0.2, 0.25) is 5.75 Å². The number of ketones is 2. The number of benzene rings is 2.